The number of benzene rings is 2. The van der Waals surface area contributed by atoms with E-state index in [9.17, 15) is 9.59 Å². The molecule has 2 aromatic carbocycles. The molecule has 0 atom stereocenters. The molecule has 0 saturated carbocycles. The second kappa shape index (κ2) is 8.29. The highest BCUT2D eigenvalue weighted by Crippen LogP contribution is 2.19. The van der Waals surface area contributed by atoms with Gasteiger partial charge in [-0.15, -0.1) is 0 Å². The number of anilines is 1. The van der Waals surface area contributed by atoms with Crippen molar-refractivity contribution in [1.82, 2.24) is 5.32 Å². The van der Waals surface area contributed by atoms with Gasteiger partial charge in [0.25, 0.3) is 11.8 Å². The van der Waals surface area contributed by atoms with E-state index < -0.39 is 0 Å². The molecule has 0 spiro atoms. The van der Waals surface area contributed by atoms with Crippen LogP contribution in [-0.2, 0) is 0 Å². The van der Waals surface area contributed by atoms with Gasteiger partial charge in [-0.25, -0.2) is 0 Å². The zero-order valence-electron chi connectivity index (χ0n) is 14.5. The van der Waals surface area contributed by atoms with Gasteiger partial charge in [-0.05, 0) is 62.2 Å². The Balaban J connectivity index is 2.17. The van der Waals surface area contributed by atoms with Gasteiger partial charge in [0, 0.05) is 29.9 Å². The molecule has 0 aromatic heterocycles. The van der Waals surface area contributed by atoms with E-state index in [4.69, 9.17) is 0 Å². The van der Waals surface area contributed by atoms with Crippen molar-refractivity contribution in [2.75, 3.05) is 18.0 Å². The second-order valence-corrected chi connectivity index (χ2v) is 5.72. The fraction of sp³-hybridized carbons (Fsp3) is 0.300. The average Bonchev–Trinajstić information content (AvgIpc) is 2.60. The molecular weight excluding hydrogens is 300 g/mol. The predicted molar refractivity (Wildman–Crippen MR) is 97.6 cm³/mol. The molecule has 0 aliphatic heterocycles. The fourth-order valence-electron chi connectivity index (χ4n) is 2.50. The van der Waals surface area contributed by atoms with E-state index in [1.54, 1.807) is 29.2 Å². The van der Waals surface area contributed by atoms with Crippen molar-refractivity contribution >= 4 is 17.5 Å². The van der Waals surface area contributed by atoms with E-state index in [2.05, 4.69) is 5.32 Å². The lowest BCUT2D eigenvalue weighted by molar-refractivity contribution is 0.0950. The summed E-state index contributed by atoms with van der Waals surface area (Å²) >= 11 is 0. The Morgan fingerprint density at radius 1 is 1.00 bits per heavy atom. The number of aryl methyl sites for hydroxylation is 1. The van der Waals surface area contributed by atoms with E-state index in [-0.39, 0.29) is 11.8 Å². The third-order valence-corrected chi connectivity index (χ3v) is 3.80. The summed E-state index contributed by atoms with van der Waals surface area (Å²) in [6.07, 6.45) is 0.893. The summed E-state index contributed by atoms with van der Waals surface area (Å²) in [5, 5.41) is 2.83. The van der Waals surface area contributed by atoms with Crippen molar-refractivity contribution in [3.63, 3.8) is 0 Å². The molecule has 4 heteroatoms. The maximum Gasteiger partial charge on any atom is 0.258 e. The summed E-state index contributed by atoms with van der Waals surface area (Å²) < 4.78 is 0. The summed E-state index contributed by atoms with van der Waals surface area (Å²) in [6.45, 7) is 7.20. The van der Waals surface area contributed by atoms with E-state index in [1.165, 1.54) is 0 Å². The summed E-state index contributed by atoms with van der Waals surface area (Å²) in [5.41, 5.74) is 3.14. The van der Waals surface area contributed by atoms with Crippen LogP contribution < -0.4 is 10.2 Å². The number of hydrogen-bond donors (Lipinski definition) is 1. The smallest absolute Gasteiger partial charge is 0.258 e. The summed E-state index contributed by atoms with van der Waals surface area (Å²) in [4.78, 5) is 26.4. The second-order valence-electron chi connectivity index (χ2n) is 5.72. The molecule has 4 nitrogen and oxygen atoms in total. The first-order valence-corrected chi connectivity index (χ1v) is 8.33. The Bertz CT molecular complexity index is 708. The first-order chi connectivity index (χ1) is 11.6. The summed E-state index contributed by atoms with van der Waals surface area (Å²) in [5.74, 6) is -0.175. The number of nitrogens with zero attached hydrogens (tertiary/aromatic N) is 1. The first kappa shape index (κ1) is 17.7. The first-order valence-electron chi connectivity index (χ1n) is 8.33. The minimum Gasteiger partial charge on any atom is -0.352 e. The van der Waals surface area contributed by atoms with Crippen molar-refractivity contribution in [1.29, 1.82) is 0 Å². The third kappa shape index (κ3) is 4.22. The van der Waals surface area contributed by atoms with Crippen molar-refractivity contribution in [2.24, 2.45) is 0 Å². The summed E-state index contributed by atoms with van der Waals surface area (Å²) in [6, 6.07) is 14.7. The lowest BCUT2D eigenvalue weighted by Gasteiger charge is -2.21. The molecule has 0 radical (unpaired) electrons. The van der Waals surface area contributed by atoms with Gasteiger partial charge >= 0.3 is 0 Å². The van der Waals surface area contributed by atoms with Crippen LogP contribution in [0.1, 0.15) is 46.5 Å². The highest BCUT2D eigenvalue weighted by atomic mass is 16.2. The Morgan fingerprint density at radius 2 is 1.67 bits per heavy atom. The van der Waals surface area contributed by atoms with E-state index in [0.29, 0.717) is 24.2 Å². The standard InChI is InChI=1S/C20H24N2O2/c1-4-13-21-19(23)16-9-11-17(12-10-16)20(24)22(5-2)18-8-6-7-15(3)14-18/h6-12,14H,4-5,13H2,1-3H3,(H,21,23). The van der Waals surface area contributed by atoms with Crippen LogP contribution in [0, 0.1) is 6.92 Å². The Labute approximate surface area is 143 Å². The molecule has 126 valence electrons. The van der Waals surface area contributed by atoms with Gasteiger partial charge in [0.2, 0.25) is 0 Å². The molecule has 0 unspecified atom stereocenters. The van der Waals surface area contributed by atoms with Crippen molar-refractivity contribution in [3.8, 4) is 0 Å². The Morgan fingerprint density at radius 3 is 2.25 bits per heavy atom. The molecule has 0 aliphatic rings. The maximum absolute atomic E-state index is 12.8. The topological polar surface area (TPSA) is 49.4 Å². The van der Waals surface area contributed by atoms with Gasteiger partial charge in [-0.1, -0.05) is 19.1 Å². The molecule has 0 bridgehead atoms. The number of amides is 2. The predicted octanol–water partition coefficient (Wildman–Crippen LogP) is 3.80. The van der Waals surface area contributed by atoms with Gasteiger partial charge in [0.1, 0.15) is 0 Å². The van der Waals surface area contributed by atoms with Gasteiger partial charge in [-0.2, -0.15) is 0 Å². The van der Waals surface area contributed by atoms with E-state index >= 15 is 0 Å². The molecule has 24 heavy (non-hydrogen) atoms. The van der Waals surface area contributed by atoms with Crippen LogP contribution in [0.5, 0.6) is 0 Å². The molecule has 0 fully saturated rings. The minimum atomic E-state index is -0.109. The van der Waals surface area contributed by atoms with E-state index in [0.717, 1.165) is 17.7 Å². The maximum atomic E-state index is 12.8. The minimum absolute atomic E-state index is 0.0661. The van der Waals surface area contributed by atoms with Gasteiger partial charge in [-0.3, -0.25) is 9.59 Å². The van der Waals surface area contributed by atoms with Crippen molar-refractivity contribution in [3.05, 3.63) is 65.2 Å². The van der Waals surface area contributed by atoms with Crippen LogP contribution >= 0.6 is 0 Å². The molecule has 1 N–H and O–H groups in total. The van der Waals surface area contributed by atoms with Crippen LogP contribution in [0.2, 0.25) is 0 Å². The highest BCUT2D eigenvalue weighted by molar-refractivity contribution is 6.06. The van der Waals surface area contributed by atoms with Crippen LogP contribution in [0.25, 0.3) is 0 Å². The Hall–Kier alpha value is -2.62. The molecule has 0 heterocycles. The summed E-state index contributed by atoms with van der Waals surface area (Å²) in [7, 11) is 0. The number of carbonyl (C=O) groups excluding carboxylic acids is 2. The zero-order valence-corrected chi connectivity index (χ0v) is 14.5. The molecule has 0 aliphatic carbocycles. The lowest BCUT2D eigenvalue weighted by Crippen LogP contribution is -2.30. The number of carbonyl (C=O) groups is 2. The lowest BCUT2D eigenvalue weighted by atomic mass is 10.1. The number of rotatable bonds is 6. The van der Waals surface area contributed by atoms with Crippen LogP contribution in [0.4, 0.5) is 5.69 Å². The quantitative estimate of drug-likeness (QED) is 0.878. The largest absolute Gasteiger partial charge is 0.352 e. The van der Waals surface area contributed by atoms with Crippen LogP contribution in [-0.4, -0.2) is 24.9 Å². The number of nitrogens with one attached hydrogen (secondary N) is 1. The van der Waals surface area contributed by atoms with Gasteiger partial charge in [0.05, 0.1) is 0 Å². The number of hydrogen-bond acceptors (Lipinski definition) is 2. The highest BCUT2D eigenvalue weighted by Gasteiger charge is 2.16. The molecular formula is C20H24N2O2. The van der Waals surface area contributed by atoms with Crippen molar-refractivity contribution < 1.29 is 9.59 Å². The third-order valence-electron chi connectivity index (χ3n) is 3.80. The zero-order chi connectivity index (χ0) is 17.5. The molecule has 2 aromatic rings. The average molecular weight is 324 g/mol. The SMILES string of the molecule is CCCNC(=O)c1ccc(C(=O)N(CC)c2cccc(C)c2)cc1. The normalized spacial score (nSPS) is 10.3. The molecule has 2 amide bonds. The van der Waals surface area contributed by atoms with Crippen molar-refractivity contribution in [2.45, 2.75) is 27.2 Å². The molecule has 0 saturated heterocycles. The van der Waals surface area contributed by atoms with Gasteiger partial charge < -0.3 is 10.2 Å². The molecule has 2 rings (SSSR count). The van der Waals surface area contributed by atoms with Crippen LogP contribution in [0.3, 0.4) is 0 Å². The monoisotopic (exact) mass is 324 g/mol. The fourth-order valence-corrected chi connectivity index (χ4v) is 2.50. The van der Waals surface area contributed by atoms with Gasteiger partial charge in [0.15, 0.2) is 0 Å². The Kier molecular flexibility index (Phi) is 6.13. The van der Waals surface area contributed by atoms with Crippen LogP contribution in [0.15, 0.2) is 48.5 Å². The van der Waals surface area contributed by atoms with E-state index in [1.807, 2.05) is 45.0 Å².